The summed E-state index contributed by atoms with van der Waals surface area (Å²) in [6.07, 6.45) is 3.34. The Kier molecular flexibility index (Phi) is 5.32. The molecule has 3 saturated heterocycles. The van der Waals surface area contributed by atoms with Crippen LogP contribution in [0.1, 0.15) is 30.9 Å². The van der Waals surface area contributed by atoms with E-state index < -0.39 is 46.0 Å². The number of esters is 3. The van der Waals surface area contributed by atoms with Crippen molar-refractivity contribution in [2.75, 3.05) is 32.6 Å². The van der Waals surface area contributed by atoms with Crippen molar-refractivity contribution in [3.8, 4) is 0 Å². The van der Waals surface area contributed by atoms with E-state index in [4.69, 9.17) is 18.9 Å². The van der Waals surface area contributed by atoms with E-state index >= 15 is 0 Å². The van der Waals surface area contributed by atoms with Crippen LogP contribution in [0.4, 0.5) is 5.69 Å². The second-order valence-corrected chi connectivity index (χ2v) is 11.7. The minimum absolute atomic E-state index is 0.0607. The van der Waals surface area contributed by atoms with Crippen LogP contribution in [0.15, 0.2) is 60.7 Å². The van der Waals surface area contributed by atoms with Gasteiger partial charge in [-0.25, -0.2) is 4.79 Å². The van der Waals surface area contributed by atoms with E-state index in [2.05, 4.69) is 10.2 Å². The molecule has 2 unspecified atom stereocenters. The number of ether oxygens (including phenoxy) is 4. The van der Waals surface area contributed by atoms with Crippen molar-refractivity contribution >= 4 is 29.7 Å². The highest BCUT2D eigenvalue weighted by Gasteiger charge is 2.88. The maximum absolute atomic E-state index is 14.4. The summed E-state index contributed by atoms with van der Waals surface area (Å²) in [6, 6.07) is 16.8. The SMILES string of the molecule is COC(=O)C1(COC(=O)/C=C/c2ccccc2)[C@H]2C[C@H](N(C)C[C@@]23OC3C)[C@@]23Nc4ccccc4[C@@]12CC(=O)O3. The molecule has 9 nitrogen and oxygen atoms in total. The average molecular weight is 545 g/mol. The van der Waals surface area contributed by atoms with E-state index in [1.54, 1.807) is 6.08 Å². The Bertz CT molecular complexity index is 1440. The largest absolute Gasteiger partial charge is 0.468 e. The summed E-state index contributed by atoms with van der Waals surface area (Å²) in [5, 5.41) is 3.56. The van der Waals surface area contributed by atoms with Gasteiger partial charge in [0, 0.05) is 24.2 Å². The Labute approximate surface area is 232 Å². The maximum atomic E-state index is 14.4. The quantitative estimate of drug-likeness (QED) is 0.263. The number of nitrogens with one attached hydrogen (secondary N) is 1. The molecule has 7 rings (SSSR count). The molecule has 208 valence electrons. The van der Waals surface area contributed by atoms with Crippen LogP contribution in [0, 0.1) is 11.3 Å². The topological polar surface area (TPSA) is 107 Å². The lowest BCUT2D eigenvalue weighted by molar-refractivity contribution is -0.226. The van der Waals surface area contributed by atoms with Crippen molar-refractivity contribution in [2.45, 2.75) is 48.7 Å². The Balaban J connectivity index is 1.41. The van der Waals surface area contributed by atoms with Crippen LogP contribution in [0.25, 0.3) is 6.08 Å². The number of methoxy groups -OCH3 is 1. The van der Waals surface area contributed by atoms with Gasteiger partial charge >= 0.3 is 17.9 Å². The van der Waals surface area contributed by atoms with Gasteiger partial charge in [-0.1, -0.05) is 48.5 Å². The monoisotopic (exact) mass is 544 g/mol. The lowest BCUT2D eigenvalue weighted by Gasteiger charge is -2.64. The zero-order chi connectivity index (χ0) is 27.9. The van der Waals surface area contributed by atoms with Crippen LogP contribution in [0.2, 0.25) is 0 Å². The number of likely N-dealkylation sites (N-methyl/N-ethyl adjacent to an activating group) is 1. The van der Waals surface area contributed by atoms with Gasteiger partial charge in [-0.2, -0.15) is 0 Å². The summed E-state index contributed by atoms with van der Waals surface area (Å²) >= 11 is 0. The van der Waals surface area contributed by atoms with Crippen molar-refractivity contribution < 1.29 is 33.3 Å². The lowest BCUT2D eigenvalue weighted by Crippen LogP contribution is -2.80. The molecule has 4 fully saturated rings. The molecule has 0 radical (unpaired) electrons. The predicted molar refractivity (Wildman–Crippen MR) is 144 cm³/mol. The summed E-state index contributed by atoms with van der Waals surface area (Å²) in [5.74, 6) is -1.94. The Morgan fingerprint density at radius 2 is 1.88 bits per heavy atom. The van der Waals surface area contributed by atoms with Crippen LogP contribution >= 0.6 is 0 Å². The number of fused-ring (bicyclic) bond motifs is 4. The molecule has 1 saturated carbocycles. The third-order valence-corrected chi connectivity index (χ3v) is 10.2. The smallest absolute Gasteiger partial charge is 0.330 e. The number of hydrogen-bond donors (Lipinski definition) is 1. The van der Waals surface area contributed by atoms with Gasteiger partial charge in [0.25, 0.3) is 0 Å². The third-order valence-electron chi connectivity index (χ3n) is 10.2. The molecular weight excluding hydrogens is 512 g/mol. The van der Waals surface area contributed by atoms with E-state index in [-0.39, 0.29) is 25.2 Å². The zero-order valence-corrected chi connectivity index (χ0v) is 22.7. The fourth-order valence-electron chi connectivity index (χ4n) is 8.58. The summed E-state index contributed by atoms with van der Waals surface area (Å²) in [7, 11) is 3.35. The highest BCUT2D eigenvalue weighted by Crippen LogP contribution is 2.74. The Hall–Kier alpha value is -3.69. The summed E-state index contributed by atoms with van der Waals surface area (Å²) in [6.45, 7) is 2.25. The molecule has 2 bridgehead atoms. The number of para-hydroxylation sites is 1. The normalized spacial score (nSPS) is 38.7. The number of anilines is 1. The zero-order valence-electron chi connectivity index (χ0n) is 22.7. The summed E-state index contributed by atoms with van der Waals surface area (Å²) < 4.78 is 24.2. The fourth-order valence-corrected chi connectivity index (χ4v) is 8.58. The van der Waals surface area contributed by atoms with E-state index in [9.17, 15) is 14.4 Å². The van der Waals surface area contributed by atoms with E-state index in [0.717, 1.165) is 16.8 Å². The number of piperidine rings is 1. The number of carbonyl (C=O) groups excluding carboxylic acids is 3. The molecule has 1 N–H and O–H groups in total. The molecule has 7 atom stereocenters. The minimum Gasteiger partial charge on any atom is -0.468 e. The molecule has 2 aromatic rings. The van der Waals surface area contributed by atoms with Crippen LogP contribution in [0.5, 0.6) is 0 Å². The molecule has 9 heteroatoms. The maximum Gasteiger partial charge on any atom is 0.330 e. The highest BCUT2D eigenvalue weighted by atomic mass is 16.6. The number of carbonyl (C=O) groups is 3. The summed E-state index contributed by atoms with van der Waals surface area (Å²) in [4.78, 5) is 43.1. The second-order valence-electron chi connectivity index (χ2n) is 11.7. The fraction of sp³-hybridized carbons (Fsp3) is 0.452. The van der Waals surface area contributed by atoms with Gasteiger partial charge in [0.1, 0.15) is 17.6 Å². The first-order valence-electron chi connectivity index (χ1n) is 13.7. The van der Waals surface area contributed by atoms with Crippen LogP contribution in [0.3, 0.4) is 0 Å². The van der Waals surface area contributed by atoms with E-state index in [1.165, 1.54) is 13.2 Å². The molecule has 0 aromatic heterocycles. The summed E-state index contributed by atoms with van der Waals surface area (Å²) in [5.41, 5.74) is -2.15. The molecule has 2 aromatic carbocycles. The van der Waals surface area contributed by atoms with Crippen LogP contribution < -0.4 is 5.32 Å². The lowest BCUT2D eigenvalue weighted by atomic mass is 9.42. The van der Waals surface area contributed by atoms with Crippen LogP contribution in [-0.2, 0) is 38.7 Å². The number of likely N-dealkylation sites (tertiary alicyclic amines) is 1. The van der Waals surface area contributed by atoms with Crippen LogP contribution in [-0.4, -0.2) is 73.6 Å². The molecule has 0 amide bonds. The molecule has 5 aliphatic rings. The molecular formula is C31H32N2O7. The van der Waals surface area contributed by atoms with Crippen molar-refractivity contribution in [1.29, 1.82) is 0 Å². The average Bonchev–Trinajstić information content (AvgIpc) is 3.33. The molecule has 1 aliphatic carbocycles. The Morgan fingerprint density at radius 1 is 1.15 bits per heavy atom. The predicted octanol–water partition coefficient (Wildman–Crippen LogP) is 2.90. The number of hydrogen-bond acceptors (Lipinski definition) is 9. The van der Waals surface area contributed by atoms with Crippen molar-refractivity contribution in [1.82, 2.24) is 4.90 Å². The molecule has 4 aliphatic heterocycles. The molecule has 40 heavy (non-hydrogen) atoms. The number of nitrogens with zero attached hydrogens (tertiary/aromatic N) is 1. The van der Waals surface area contributed by atoms with Gasteiger partial charge in [0.05, 0.1) is 31.1 Å². The first-order chi connectivity index (χ1) is 19.2. The number of benzene rings is 2. The van der Waals surface area contributed by atoms with Gasteiger partial charge < -0.3 is 24.3 Å². The minimum atomic E-state index is -1.47. The van der Waals surface area contributed by atoms with Gasteiger partial charge in [-0.05, 0) is 43.7 Å². The number of epoxide rings is 1. The molecule has 1 spiro atoms. The second kappa shape index (κ2) is 8.41. The number of rotatable bonds is 5. The molecule has 4 heterocycles. The van der Waals surface area contributed by atoms with Crippen molar-refractivity contribution in [3.05, 3.63) is 71.8 Å². The highest BCUT2D eigenvalue weighted by molar-refractivity contribution is 5.92. The van der Waals surface area contributed by atoms with Gasteiger partial charge in [-0.3, -0.25) is 14.5 Å². The Morgan fingerprint density at radius 3 is 2.60 bits per heavy atom. The van der Waals surface area contributed by atoms with Gasteiger partial charge in [-0.15, -0.1) is 0 Å². The first kappa shape index (κ1) is 25.3. The van der Waals surface area contributed by atoms with E-state index in [0.29, 0.717) is 13.0 Å². The third kappa shape index (κ3) is 2.97. The van der Waals surface area contributed by atoms with E-state index in [1.807, 2.05) is 68.6 Å². The first-order valence-corrected chi connectivity index (χ1v) is 13.7. The van der Waals surface area contributed by atoms with Crippen molar-refractivity contribution in [3.63, 3.8) is 0 Å². The van der Waals surface area contributed by atoms with Gasteiger partial charge in [0.2, 0.25) is 5.72 Å². The van der Waals surface area contributed by atoms with Crippen molar-refractivity contribution in [2.24, 2.45) is 11.3 Å². The standard InChI is InChI=1S/C31H32N2O7/c1-19-29(39-19)17-33(2)24-15-23(29)28(27(36)37-3,18-38-25(34)14-13-20-9-5-4-6-10-20)30-16-26(35)40-31(24,30)32-22-12-8-7-11-21(22)30/h4-14,19,23-24,32H,15-18H2,1-3H3/b14-13+/t19?,23-,24+,28?,29+,30+,31+/m1/s1. The van der Waals surface area contributed by atoms with Gasteiger partial charge in [0.15, 0.2) is 0 Å².